The van der Waals surface area contributed by atoms with Crippen molar-refractivity contribution in [1.29, 1.82) is 0 Å². The largest absolute Gasteiger partial charge is 0.291 e. The maximum atomic E-state index is 14.3. The van der Waals surface area contributed by atoms with E-state index in [0.29, 0.717) is 33.1 Å². The Bertz CT molecular complexity index is 1530. The van der Waals surface area contributed by atoms with Crippen LogP contribution in [-0.4, -0.2) is 27.7 Å². The van der Waals surface area contributed by atoms with Gasteiger partial charge in [-0.1, -0.05) is 54.1 Å². The van der Waals surface area contributed by atoms with Gasteiger partial charge in [0.2, 0.25) is 5.54 Å². The van der Waals surface area contributed by atoms with Gasteiger partial charge in [-0.3, -0.25) is 19.7 Å². The molecule has 0 saturated heterocycles. The molecule has 0 saturated carbocycles. The fraction of sp³-hybridized carbons (Fsp3) is 0.0741. The van der Waals surface area contributed by atoms with E-state index >= 15 is 0 Å². The molecule has 3 aromatic carbocycles. The zero-order valence-corrected chi connectivity index (χ0v) is 20.1. The molecule has 2 heterocycles. The quantitative estimate of drug-likeness (QED) is 0.186. The number of non-ortho nitro benzene ring substituents is 1. The van der Waals surface area contributed by atoms with E-state index in [9.17, 15) is 19.7 Å². The summed E-state index contributed by atoms with van der Waals surface area (Å²) in [5.41, 5.74) is 0.516. The molecule has 0 bridgehead atoms. The smallest absolute Gasteiger partial charge is 0.269 e. The Morgan fingerprint density at radius 2 is 1.53 bits per heavy atom. The number of hydrazone groups is 1. The van der Waals surface area contributed by atoms with Crippen molar-refractivity contribution in [3.05, 3.63) is 127 Å². The van der Waals surface area contributed by atoms with Gasteiger partial charge in [0, 0.05) is 28.3 Å². The summed E-state index contributed by atoms with van der Waals surface area (Å²) in [6.45, 7) is 0. The molecular weight excluding hydrogens is 498 g/mol. The lowest BCUT2D eigenvalue weighted by molar-refractivity contribution is -0.384. The van der Waals surface area contributed by atoms with Gasteiger partial charge in [0.1, 0.15) is 0 Å². The Balaban J connectivity index is 1.64. The number of carbonyl (C=O) groups excluding carboxylic acids is 2. The van der Waals surface area contributed by atoms with Gasteiger partial charge >= 0.3 is 0 Å². The van der Waals surface area contributed by atoms with Crippen LogP contribution in [0.5, 0.6) is 0 Å². The van der Waals surface area contributed by atoms with Crippen molar-refractivity contribution in [3.8, 4) is 0 Å². The highest BCUT2D eigenvalue weighted by Crippen LogP contribution is 2.52. The van der Waals surface area contributed by atoms with Crippen LogP contribution in [0, 0.1) is 10.1 Å². The highest BCUT2D eigenvalue weighted by atomic mass is 35.5. The minimum atomic E-state index is -1.73. The number of carbonyl (C=O) groups is 2. The van der Waals surface area contributed by atoms with Gasteiger partial charge in [0.05, 0.1) is 27.1 Å². The number of nitro groups is 1. The highest BCUT2D eigenvalue weighted by molar-refractivity contribution is 7.12. The Kier molecular flexibility index (Phi) is 5.10. The second kappa shape index (κ2) is 8.22. The molecule has 36 heavy (non-hydrogen) atoms. The number of halogens is 1. The zero-order chi connectivity index (χ0) is 25.0. The maximum absolute atomic E-state index is 14.3. The lowest BCUT2D eigenvalue weighted by Crippen LogP contribution is -2.57. The van der Waals surface area contributed by atoms with Crippen LogP contribution in [0.2, 0.25) is 5.02 Å². The SMILES string of the molecule is O=C1c2ccccc2C(=O)C12C(c1ccc(Cl)cc1)C(c1cccs1)=NN2c1ccc([N+](=O)[O-])cc1. The molecular formula is C27H16ClN3O4S. The molecule has 7 nitrogen and oxygen atoms in total. The lowest BCUT2D eigenvalue weighted by atomic mass is 9.73. The first-order valence-corrected chi connectivity index (χ1v) is 12.3. The van der Waals surface area contributed by atoms with Crippen LogP contribution in [-0.2, 0) is 0 Å². The van der Waals surface area contributed by atoms with E-state index in [2.05, 4.69) is 0 Å². The third-order valence-electron chi connectivity index (χ3n) is 6.62. The van der Waals surface area contributed by atoms with Crippen LogP contribution in [0.25, 0.3) is 0 Å². The number of anilines is 1. The molecule has 1 aliphatic carbocycles. The van der Waals surface area contributed by atoms with Crippen LogP contribution in [0.15, 0.2) is 95.4 Å². The van der Waals surface area contributed by atoms with Crippen molar-refractivity contribution in [2.24, 2.45) is 5.10 Å². The van der Waals surface area contributed by atoms with Crippen LogP contribution in [0.1, 0.15) is 37.1 Å². The maximum Gasteiger partial charge on any atom is 0.269 e. The number of hydrogen-bond donors (Lipinski definition) is 0. The van der Waals surface area contributed by atoms with Gasteiger partial charge in [-0.15, -0.1) is 11.3 Å². The van der Waals surface area contributed by atoms with Gasteiger partial charge in [-0.05, 0) is 41.3 Å². The number of thiophene rings is 1. The number of Topliss-reactive ketones (excluding diaryl/α,β-unsaturated/α-hetero) is 2. The molecule has 0 radical (unpaired) electrons. The summed E-state index contributed by atoms with van der Waals surface area (Å²) in [5.74, 6) is -1.47. The summed E-state index contributed by atoms with van der Waals surface area (Å²) in [5, 5.41) is 20.0. The van der Waals surface area contributed by atoms with E-state index in [4.69, 9.17) is 16.7 Å². The van der Waals surface area contributed by atoms with Crippen molar-refractivity contribution in [2.45, 2.75) is 11.5 Å². The number of rotatable bonds is 4. The molecule has 0 amide bonds. The monoisotopic (exact) mass is 513 g/mol. The molecule has 2 aliphatic rings. The normalized spacial score (nSPS) is 18.0. The van der Waals surface area contributed by atoms with E-state index in [0.717, 1.165) is 4.88 Å². The Hall–Kier alpha value is -4.14. The third kappa shape index (κ3) is 3.08. The predicted molar refractivity (Wildman–Crippen MR) is 138 cm³/mol. The van der Waals surface area contributed by atoms with Gasteiger partial charge in [-0.25, -0.2) is 5.01 Å². The van der Waals surface area contributed by atoms with Gasteiger partial charge in [0.25, 0.3) is 5.69 Å². The molecule has 1 aliphatic heterocycles. The van der Waals surface area contributed by atoms with Crippen LogP contribution >= 0.6 is 22.9 Å². The average Bonchev–Trinajstić information content (AvgIpc) is 3.60. The van der Waals surface area contributed by atoms with Gasteiger partial charge < -0.3 is 0 Å². The number of nitrogens with zero attached hydrogens (tertiary/aromatic N) is 3. The molecule has 0 N–H and O–H groups in total. The van der Waals surface area contributed by atoms with E-state index in [-0.39, 0.29) is 17.3 Å². The van der Waals surface area contributed by atoms with Gasteiger partial charge in [-0.2, -0.15) is 5.10 Å². The molecule has 0 fully saturated rings. The average molecular weight is 514 g/mol. The van der Waals surface area contributed by atoms with Crippen LogP contribution < -0.4 is 5.01 Å². The summed E-state index contributed by atoms with van der Waals surface area (Å²) < 4.78 is 0. The third-order valence-corrected chi connectivity index (χ3v) is 7.77. The standard InChI is InChI=1S/C27H16ClN3O4S/c28-17-9-7-16(8-10-17)23-24(22-6-3-15-36-22)29-30(18-11-13-19(14-12-18)31(34)35)27(23)25(32)20-4-1-2-5-21(20)26(27)33/h1-15,23H. The van der Waals surface area contributed by atoms with Crippen LogP contribution in [0.4, 0.5) is 11.4 Å². The molecule has 6 rings (SSSR count). The topological polar surface area (TPSA) is 92.9 Å². The molecule has 1 unspecified atom stereocenters. The van der Waals surface area contributed by atoms with E-state index < -0.39 is 16.4 Å². The Morgan fingerprint density at radius 3 is 2.08 bits per heavy atom. The fourth-order valence-corrected chi connectivity index (χ4v) is 5.93. The Morgan fingerprint density at radius 1 is 0.889 bits per heavy atom. The molecule has 9 heteroatoms. The molecule has 1 spiro atoms. The van der Waals surface area contributed by atoms with Crippen molar-refractivity contribution in [2.75, 3.05) is 5.01 Å². The van der Waals surface area contributed by atoms with Crippen molar-refractivity contribution in [3.63, 3.8) is 0 Å². The minimum Gasteiger partial charge on any atom is -0.291 e. The molecule has 1 atom stereocenters. The van der Waals surface area contributed by atoms with E-state index in [1.54, 1.807) is 48.5 Å². The number of ketones is 2. The summed E-state index contributed by atoms with van der Waals surface area (Å²) >= 11 is 7.63. The number of benzene rings is 3. The first-order chi connectivity index (χ1) is 17.4. The minimum absolute atomic E-state index is 0.101. The number of hydrogen-bond acceptors (Lipinski definition) is 7. The van der Waals surface area contributed by atoms with Gasteiger partial charge in [0.15, 0.2) is 11.6 Å². The lowest BCUT2D eigenvalue weighted by Gasteiger charge is -2.36. The first-order valence-electron chi connectivity index (χ1n) is 11.0. The fourth-order valence-electron chi connectivity index (χ4n) is 5.06. The van der Waals surface area contributed by atoms with E-state index in [1.165, 1.54) is 40.6 Å². The molecule has 176 valence electrons. The van der Waals surface area contributed by atoms with Crippen molar-refractivity contribution >= 4 is 51.6 Å². The highest BCUT2D eigenvalue weighted by Gasteiger charge is 2.66. The van der Waals surface area contributed by atoms with Crippen molar-refractivity contribution in [1.82, 2.24) is 0 Å². The number of nitro benzene ring substituents is 1. The Labute approximate surface area is 214 Å². The first kappa shape index (κ1) is 22.3. The summed E-state index contributed by atoms with van der Waals surface area (Å²) in [6, 6.07) is 23.3. The molecule has 4 aromatic rings. The zero-order valence-electron chi connectivity index (χ0n) is 18.5. The summed E-state index contributed by atoms with van der Waals surface area (Å²) in [6.07, 6.45) is 0. The molecule has 1 aromatic heterocycles. The second-order valence-corrected chi connectivity index (χ2v) is 9.89. The second-order valence-electron chi connectivity index (χ2n) is 8.50. The van der Waals surface area contributed by atoms with Crippen molar-refractivity contribution < 1.29 is 14.5 Å². The van der Waals surface area contributed by atoms with Crippen LogP contribution in [0.3, 0.4) is 0 Å². The summed E-state index contributed by atoms with van der Waals surface area (Å²) in [7, 11) is 0. The number of fused-ring (bicyclic) bond motifs is 1. The predicted octanol–water partition coefficient (Wildman–Crippen LogP) is 6.14. The summed E-state index contributed by atoms with van der Waals surface area (Å²) in [4.78, 5) is 40.2. The van der Waals surface area contributed by atoms with E-state index in [1.807, 2.05) is 17.5 Å².